The summed E-state index contributed by atoms with van der Waals surface area (Å²) in [5, 5.41) is 0. The summed E-state index contributed by atoms with van der Waals surface area (Å²) >= 11 is 0. The molecule has 0 saturated carbocycles. The van der Waals surface area contributed by atoms with Crippen LogP contribution in [0.5, 0.6) is 11.5 Å². The van der Waals surface area contributed by atoms with E-state index < -0.39 is 11.6 Å². The number of ether oxygens (including phenoxy) is 2. The molecule has 0 aliphatic rings. The Balaban J connectivity index is 1.45. The van der Waals surface area contributed by atoms with Crippen molar-refractivity contribution in [3.63, 3.8) is 0 Å². The summed E-state index contributed by atoms with van der Waals surface area (Å²) < 4.78 is 54.8. The van der Waals surface area contributed by atoms with Crippen molar-refractivity contribution in [2.45, 2.75) is 20.5 Å². The third kappa shape index (κ3) is 5.57. The van der Waals surface area contributed by atoms with Crippen LogP contribution in [0, 0.1) is 17.5 Å². The lowest BCUT2D eigenvalue weighted by atomic mass is 10.0. The zero-order valence-electron chi connectivity index (χ0n) is 19.5. The lowest BCUT2D eigenvalue weighted by molar-refractivity contribution is 0.285. The van der Waals surface area contributed by atoms with Gasteiger partial charge in [-0.05, 0) is 60.4 Å². The van der Waals surface area contributed by atoms with E-state index in [0.29, 0.717) is 29.0 Å². The minimum atomic E-state index is -1.03. The predicted molar refractivity (Wildman–Crippen MR) is 134 cm³/mol. The van der Waals surface area contributed by atoms with Crippen molar-refractivity contribution in [3.8, 4) is 33.8 Å². The van der Waals surface area contributed by atoms with E-state index in [-0.39, 0.29) is 23.7 Å². The Bertz CT molecular complexity index is 1330. The fourth-order valence-electron chi connectivity index (χ4n) is 3.76. The molecule has 0 aliphatic heterocycles. The first-order chi connectivity index (χ1) is 17.0. The first kappa shape index (κ1) is 24.1. The molecule has 0 spiro atoms. The van der Waals surface area contributed by atoms with Crippen molar-refractivity contribution in [1.82, 2.24) is 0 Å². The molecule has 2 nitrogen and oxygen atoms in total. The van der Waals surface area contributed by atoms with Gasteiger partial charge >= 0.3 is 0 Å². The molecule has 0 radical (unpaired) electrons. The molecule has 0 aromatic heterocycles. The SMILES string of the molecule is CC=Cc1ccc(-c2ccc(OCc3ccc(-c4ccc(OCC)cc4F)cc3)c(F)c2F)cc1. The van der Waals surface area contributed by atoms with Gasteiger partial charge in [-0.3, -0.25) is 0 Å². The second-order valence-corrected chi connectivity index (χ2v) is 7.92. The Morgan fingerprint density at radius 1 is 0.714 bits per heavy atom. The average Bonchev–Trinajstić information content (AvgIpc) is 2.87. The molecule has 35 heavy (non-hydrogen) atoms. The molecule has 0 atom stereocenters. The van der Waals surface area contributed by atoms with Gasteiger partial charge in [-0.2, -0.15) is 4.39 Å². The highest BCUT2D eigenvalue weighted by Crippen LogP contribution is 2.31. The number of allylic oxidation sites excluding steroid dienone is 1. The van der Waals surface area contributed by atoms with Gasteiger partial charge in [-0.25, -0.2) is 8.78 Å². The number of hydrogen-bond donors (Lipinski definition) is 0. The van der Waals surface area contributed by atoms with Crippen molar-refractivity contribution in [2.75, 3.05) is 6.61 Å². The smallest absolute Gasteiger partial charge is 0.201 e. The van der Waals surface area contributed by atoms with Crippen LogP contribution in [-0.2, 0) is 6.61 Å². The first-order valence-corrected chi connectivity index (χ1v) is 11.4. The second-order valence-electron chi connectivity index (χ2n) is 7.92. The quantitative estimate of drug-likeness (QED) is 0.255. The monoisotopic (exact) mass is 474 g/mol. The van der Waals surface area contributed by atoms with Crippen LogP contribution in [0.15, 0.2) is 84.9 Å². The molecule has 5 heteroatoms. The summed E-state index contributed by atoms with van der Waals surface area (Å²) in [4.78, 5) is 0. The Hall–Kier alpha value is -3.99. The molecule has 0 heterocycles. The molecule has 4 rings (SSSR count). The molecule has 0 saturated heterocycles. The fourth-order valence-corrected chi connectivity index (χ4v) is 3.76. The zero-order valence-corrected chi connectivity index (χ0v) is 19.5. The number of benzene rings is 4. The van der Waals surface area contributed by atoms with Crippen LogP contribution >= 0.6 is 0 Å². The molecule has 178 valence electrons. The molecule has 0 N–H and O–H groups in total. The second kappa shape index (κ2) is 11.0. The molecule has 4 aromatic carbocycles. The maximum atomic E-state index is 14.8. The van der Waals surface area contributed by atoms with Crippen molar-refractivity contribution in [2.24, 2.45) is 0 Å². The topological polar surface area (TPSA) is 18.5 Å². The number of rotatable bonds is 8. The highest BCUT2D eigenvalue weighted by atomic mass is 19.2. The normalized spacial score (nSPS) is 11.1. The predicted octanol–water partition coefficient (Wildman–Crippen LogP) is 8.45. The third-order valence-corrected chi connectivity index (χ3v) is 5.54. The van der Waals surface area contributed by atoms with E-state index in [1.54, 1.807) is 48.5 Å². The van der Waals surface area contributed by atoms with E-state index in [4.69, 9.17) is 9.47 Å². The third-order valence-electron chi connectivity index (χ3n) is 5.54. The van der Waals surface area contributed by atoms with Crippen LogP contribution in [0.2, 0.25) is 0 Å². The van der Waals surface area contributed by atoms with Gasteiger partial charge in [0.05, 0.1) is 6.61 Å². The van der Waals surface area contributed by atoms with Crippen LogP contribution in [-0.4, -0.2) is 6.61 Å². The highest BCUT2D eigenvalue weighted by molar-refractivity contribution is 5.67. The van der Waals surface area contributed by atoms with Crippen molar-refractivity contribution in [1.29, 1.82) is 0 Å². The van der Waals surface area contributed by atoms with Crippen LogP contribution < -0.4 is 9.47 Å². The summed E-state index contributed by atoms with van der Waals surface area (Å²) in [6, 6.07) is 21.9. The van der Waals surface area contributed by atoms with Crippen molar-refractivity contribution >= 4 is 6.08 Å². The van der Waals surface area contributed by atoms with E-state index >= 15 is 0 Å². The van der Waals surface area contributed by atoms with Crippen LogP contribution in [0.3, 0.4) is 0 Å². The van der Waals surface area contributed by atoms with Gasteiger partial charge in [0.1, 0.15) is 18.2 Å². The molecule has 0 amide bonds. The minimum Gasteiger partial charge on any atom is -0.494 e. The van der Waals surface area contributed by atoms with E-state index in [1.165, 1.54) is 18.2 Å². The van der Waals surface area contributed by atoms with Gasteiger partial charge in [-0.15, -0.1) is 0 Å². The largest absolute Gasteiger partial charge is 0.494 e. The molecule has 0 fully saturated rings. The van der Waals surface area contributed by atoms with Gasteiger partial charge in [0, 0.05) is 17.2 Å². The lowest BCUT2D eigenvalue weighted by Crippen LogP contribution is -2.00. The molecular formula is C30H25F3O2. The van der Waals surface area contributed by atoms with Crippen LogP contribution in [0.1, 0.15) is 25.0 Å². The van der Waals surface area contributed by atoms with Crippen LogP contribution in [0.25, 0.3) is 28.3 Å². The fraction of sp³-hybridized carbons (Fsp3) is 0.133. The molecule has 0 unspecified atom stereocenters. The van der Waals surface area contributed by atoms with Gasteiger partial charge in [0.15, 0.2) is 11.6 Å². The molecule has 0 aliphatic carbocycles. The summed E-state index contributed by atoms with van der Waals surface area (Å²) in [6.07, 6.45) is 3.84. The van der Waals surface area contributed by atoms with E-state index in [2.05, 4.69) is 0 Å². The van der Waals surface area contributed by atoms with E-state index in [9.17, 15) is 13.2 Å². The highest BCUT2D eigenvalue weighted by Gasteiger charge is 2.16. The number of hydrogen-bond acceptors (Lipinski definition) is 2. The lowest BCUT2D eigenvalue weighted by Gasteiger charge is -2.12. The van der Waals surface area contributed by atoms with Crippen molar-refractivity contribution < 1.29 is 22.6 Å². The average molecular weight is 475 g/mol. The maximum Gasteiger partial charge on any atom is 0.201 e. The Morgan fingerprint density at radius 3 is 2.03 bits per heavy atom. The molecule has 4 aromatic rings. The zero-order chi connectivity index (χ0) is 24.8. The number of halogens is 3. The van der Waals surface area contributed by atoms with Gasteiger partial charge in [0.2, 0.25) is 5.82 Å². The molecular weight excluding hydrogens is 449 g/mol. The maximum absolute atomic E-state index is 14.8. The standard InChI is InChI=1S/C30H25F3O2/c1-3-5-20-6-10-23(11-7-20)26-16-17-28(30(33)29(26)32)35-19-21-8-12-22(13-9-21)25-15-14-24(34-4-2)18-27(25)31/h3,5-18H,4,19H2,1-2H3. The van der Waals surface area contributed by atoms with E-state index in [0.717, 1.165) is 11.1 Å². The first-order valence-electron chi connectivity index (χ1n) is 11.4. The van der Waals surface area contributed by atoms with Crippen molar-refractivity contribution in [3.05, 3.63) is 114 Å². The summed E-state index contributed by atoms with van der Waals surface area (Å²) in [5.41, 5.74) is 3.61. The Labute approximate surface area is 203 Å². The van der Waals surface area contributed by atoms with E-state index in [1.807, 2.05) is 38.1 Å². The van der Waals surface area contributed by atoms with Gasteiger partial charge in [0.25, 0.3) is 0 Å². The summed E-state index contributed by atoms with van der Waals surface area (Å²) in [5.74, 6) is -2.06. The van der Waals surface area contributed by atoms with Crippen LogP contribution in [0.4, 0.5) is 13.2 Å². The summed E-state index contributed by atoms with van der Waals surface area (Å²) in [6.45, 7) is 4.26. The van der Waals surface area contributed by atoms with Gasteiger partial charge in [-0.1, -0.05) is 60.7 Å². The minimum absolute atomic E-state index is 0.0415. The van der Waals surface area contributed by atoms with Gasteiger partial charge < -0.3 is 9.47 Å². The Kier molecular flexibility index (Phi) is 7.56. The summed E-state index contributed by atoms with van der Waals surface area (Å²) in [7, 11) is 0. The Morgan fingerprint density at radius 2 is 1.37 bits per heavy atom. The molecule has 0 bridgehead atoms.